The van der Waals surface area contributed by atoms with Gasteiger partial charge in [0.2, 0.25) is 5.88 Å². The van der Waals surface area contributed by atoms with Crippen molar-refractivity contribution < 1.29 is 4.74 Å². The third kappa shape index (κ3) is 4.82. The summed E-state index contributed by atoms with van der Waals surface area (Å²) in [7, 11) is 0. The Labute approximate surface area is 108 Å². The van der Waals surface area contributed by atoms with Gasteiger partial charge in [-0.05, 0) is 18.4 Å². The molecule has 0 aliphatic rings. The highest BCUT2D eigenvalue weighted by atomic mass is 35.5. The van der Waals surface area contributed by atoms with Crippen LogP contribution in [0.15, 0.2) is 12.3 Å². The molecule has 2 N–H and O–H groups in total. The van der Waals surface area contributed by atoms with Gasteiger partial charge >= 0.3 is 0 Å². The number of aromatic nitrogens is 1. The molecule has 0 aliphatic heterocycles. The third-order valence-corrected chi connectivity index (χ3v) is 3.10. The van der Waals surface area contributed by atoms with Crippen LogP contribution in [0, 0.1) is 5.92 Å². The first-order valence-electron chi connectivity index (χ1n) is 6.21. The van der Waals surface area contributed by atoms with E-state index in [1.54, 1.807) is 12.3 Å². The fourth-order valence-electron chi connectivity index (χ4n) is 1.64. The minimum Gasteiger partial charge on any atom is -0.476 e. The molecule has 1 heterocycles. The molecule has 17 heavy (non-hydrogen) atoms. The molecule has 0 saturated heterocycles. The minimum atomic E-state index is 0.482. The molecule has 1 unspecified atom stereocenters. The molecule has 1 rings (SSSR count). The number of pyridine rings is 1. The Balaban J connectivity index is 2.47. The van der Waals surface area contributed by atoms with Crippen LogP contribution in [0.25, 0.3) is 0 Å². The molecule has 0 amide bonds. The van der Waals surface area contributed by atoms with E-state index in [1.807, 2.05) is 0 Å². The van der Waals surface area contributed by atoms with Crippen molar-refractivity contribution in [2.24, 2.45) is 5.92 Å². The monoisotopic (exact) mass is 256 g/mol. The molecule has 0 bridgehead atoms. The van der Waals surface area contributed by atoms with E-state index in [0.717, 1.165) is 6.42 Å². The Morgan fingerprint density at radius 2 is 2.24 bits per heavy atom. The van der Waals surface area contributed by atoms with Gasteiger partial charge in [-0.1, -0.05) is 44.7 Å². The normalized spacial score (nSPS) is 12.4. The van der Waals surface area contributed by atoms with Gasteiger partial charge in [-0.2, -0.15) is 0 Å². The van der Waals surface area contributed by atoms with Crippen LogP contribution in [-0.2, 0) is 0 Å². The number of nitrogens with zero attached hydrogens (tertiary/aromatic N) is 1. The second kappa shape index (κ2) is 7.38. The molecular formula is C13H21ClN2O. The Kier molecular flexibility index (Phi) is 6.12. The number of nitrogen functional groups attached to an aromatic ring is 1. The van der Waals surface area contributed by atoms with Gasteiger partial charge in [-0.25, -0.2) is 4.98 Å². The lowest BCUT2D eigenvalue weighted by molar-refractivity contribution is 0.226. The van der Waals surface area contributed by atoms with Gasteiger partial charge < -0.3 is 10.5 Å². The maximum Gasteiger partial charge on any atom is 0.232 e. The molecule has 0 aromatic carbocycles. The van der Waals surface area contributed by atoms with Gasteiger partial charge in [0.15, 0.2) is 0 Å². The summed E-state index contributed by atoms with van der Waals surface area (Å²) in [5.74, 6) is 1.06. The first-order chi connectivity index (χ1) is 8.17. The molecular weight excluding hydrogens is 236 g/mol. The summed E-state index contributed by atoms with van der Waals surface area (Å²) in [5.41, 5.74) is 6.13. The minimum absolute atomic E-state index is 0.482. The lowest BCUT2D eigenvalue weighted by Crippen LogP contribution is -2.12. The van der Waals surface area contributed by atoms with Crippen molar-refractivity contribution in [3.8, 4) is 5.88 Å². The van der Waals surface area contributed by atoms with Crippen LogP contribution in [0.5, 0.6) is 5.88 Å². The smallest absolute Gasteiger partial charge is 0.232 e. The van der Waals surface area contributed by atoms with Gasteiger partial charge in [0, 0.05) is 0 Å². The summed E-state index contributed by atoms with van der Waals surface area (Å²) in [6, 6.07) is 1.66. The maximum atomic E-state index is 5.99. The van der Waals surface area contributed by atoms with Crippen molar-refractivity contribution >= 4 is 17.3 Å². The van der Waals surface area contributed by atoms with Crippen molar-refractivity contribution in [3.05, 3.63) is 17.3 Å². The van der Waals surface area contributed by atoms with Gasteiger partial charge in [0.1, 0.15) is 5.02 Å². The number of anilines is 1. The van der Waals surface area contributed by atoms with Crippen LogP contribution in [0.4, 0.5) is 5.69 Å². The highest BCUT2D eigenvalue weighted by Gasteiger charge is 2.09. The van der Waals surface area contributed by atoms with E-state index in [-0.39, 0.29) is 0 Å². The lowest BCUT2D eigenvalue weighted by atomic mass is 10.0. The van der Waals surface area contributed by atoms with Crippen molar-refractivity contribution in [2.45, 2.75) is 39.5 Å². The van der Waals surface area contributed by atoms with Crippen molar-refractivity contribution in [2.75, 3.05) is 12.3 Å². The number of hydrogen-bond acceptors (Lipinski definition) is 3. The summed E-state index contributed by atoms with van der Waals surface area (Å²) < 4.78 is 5.64. The van der Waals surface area contributed by atoms with Crippen molar-refractivity contribution in [1.29, 1.82) is 0 Å². The highest BCUT2D eigenvalue weighted by Crippen LogP contribution is 2.24. The molecule has 0 spiro atoms. The summed E-state index contributed by atoms with van der Waals surface area (Å²) in [4.78, 5) is 4.09. The van der Waals surface area contributed by atoms with Crippen LogP contribution in [0.2, 0.25) is 5.02 Å². The number of unbranched alkanes of at least 4 members (excludes halogenated alkanes) is 1. The summed E-state index contributed by atoms with van der Waals surface area (Å²) in [6.07, 6.45) is 6.34. The fraction of sp³-hybridized carbons (Fsp3) is 0.615. The lowest BCUT2D eigenvalue weighted by Gasteiger charge is -2.15. The van der Waals surface area contributed by atoms with Gasteiger partial charge in [0.25, 0.3) is 0 Å². The fourth-order valence-corrected chi connectivity index (χ4v) is 1.87. The van der Waals surface area contributed by atoms with Crippen LogP contribution < -0.4 is 10.5 Å². The van der Waals surface area contributed by atoms with Crippen LogP contribution in [-0.4, -0.2) is 11.6 Å². The van der Waals surface area contributed by atoms with Gasteiger partial charge in [0.05, 0.1) is 18.5 Å². The van der Waals surface area contributed by atoms with Crippen LogP contribution >= 0.6 is 11.6 Å². The average Bonchev–Trinajstić information content (AvgIpc) is 2.31. The van der Waals surface area contributed by atoms with E-state index in [9.17, 15) is 0 Å². The summed E-state index contributed by atoms with van der Waals surface area (Å²) in [6.45, 7) is 5.06. The second-order valence-corrected chi connectivity index (χ2v) is 4.69. The number of halogens is 1. The first kappa shape index (κ1) is 14.1. The summed E-state index contributed by atoms with van der Waals surface area (Å²) >= 11 is 5.99. The molecule has 0 aliphatic carbocycles. The van der Waals surface area contributed by atoms with E-state index in [0.29, 0.717) is 29.1 Å². The standard InChI is InChI=1S/C13H21ClN2O/c1-3-5-6-10(4-2)9-17-13-12(14)7-11(15)8-16-13/h7-8,10H,3-6,9,15H2,1-2H3. The van der Waals surface area contributed by atoms with Crippen molar-refractivity contribution in [3.63, 3.8) is 0 Å². The average molecular weight is 257 g/mol. The largest absolute Gasteiger partial charge is 0.476 e. The molecule has 96 valence electrons. The van der Waals surface area contributed by atoms with E-state index in [1.165, 1.54) is 19.3 Å². The summed E-state index contributed by atoms with van der Waals surface area (Å²) in [5, 5.41) is 0.482. The molecule has 1 atom stereocenters. The topological polar surface area (TPSA) is 48.1 Å². The predicted octanol–water partition coefficient (Wildman–Crippen LogP) is 3.91. The maximum absolute atomic E-state index is 5.99. The predicted molar refractivity (Wildman–Crippen MR) is 72.5 cm³/mol. The van der Waals surface area contributed by atoms with E-state index < -0.39 is 0 Å². The Morgan fingerprint density at radius 1 is 1.47 bits per heavy atom. The molecule has 1 aromatic heterocycles. The number of nitrogens with two attached hydrogens (primary N) is 1. The number of hydrogen-bond donors (Lipinski definition) is 1. The molecule has 0 radical (unpaired) electrons. The molecule has 0 fully saturated rings. The van der Waals surface area contributed by atoms with E-state index in [2.05, 4.69) is 18.8 Å². The Hall–Kier alpha value is -0.960. The molecule has 1 aromatic rings. The SMILES string of the molecule is CCCCC(CC)COc1ncc(N)cc1Cl. The van der Waals surface area contributed by atoms with Gasteiger partial charge in [-0.3, -0.25) is 0 Å². The van der Waals surface area contributed by atoms with Gasteiger partial charge in [-0.15, -0.1) is 0 Å². The van der Waals surface area contributed by atoms with Crippen molar-refractivity contribution in [1.82, 2.24) is 4.98 Å². The zero-order chi connectivity index (χ0) is 12.7. The molecule has 3 nitrogen and oxygen atoms in total. The quantitative estimate of drug-likeness (QED) is 0.805. The Bertz CT molecular complexity index is 344. The van der Waals surface area contributed by atoms with E-state index >= 15 is 0 Å². The Morgan fingerprint density at radius 3 is 2.82 bits per heavy atom. The van der Waals surface area contributed by atoms with Crippen LogP contribution in [0.3, 0.4) is 0 Å². The third-order valence-electron chi connectivity index (χ3n) is 2.83. The highest BCUT2D eigenvalue weighted by molar-refractivity contribution is 6.32. The second-order valence-electron chi connectivity index (χ2n) is 4.28. The van der Waals surface area contributed by atoms with E-state index in [4.69, 9.17) is 22.1 Å². The zero-order valence-electron chi connectivity index (χ0n) is 10.6. The molecule has 4 heteroatoms. The zero-order valence-corrected chi connectivity index (χ0v) is 11.3. The first-order valence-corrected chi connectivity index (χ1v) is 6.59. The number of ether oxygens (including phenoxy) is 1. The number of rotatable bonds is 7. The van der Waals surface area contributed by atoms with Crippen LogP contribution in [0.1, 0.15) is 39.5 Å². The molecule has 0 saturated carbocycles.